The van der Waals surface area contributed by atoms with Gasteiger partial charge in [-0.25, -0.2) is 13.2 Å². The van der Waals surface area contributed by atoms with Gasteiger partial charge in [0.15, 0.2) is 9.84 Å². The normalized spacial score (nSPS) is 13.9. The number of halogens is 3. The molecule has 1 N–H and O–H groups in total. The summed E-state index contributed by atoms with van der Waals surface area (Å²) in [6, 6.07) is 1.73. The molecule has 0 saturated heterocycles. The van der Waals surface area contributed by atoms with Crippen LogP contribution < -0.4 is 0 Å². The second-order valence-corrected chi connectivity index (χ2v) is 7.67. The van der Waals surface area contributed by atoms with Crippen LogP contribution in [0, 0.1) is 0 Å². The van der Waals surface area contributed by atoms with E-state index in [-0.39, 0.29) is 24.0 Å². The van der Waals surface area contributed by atoms with Gasteiger partial charge in [-0.3, -0.25) is 0 Å². The number of carboxylic acid groups (broad SMARTS) is 1. The summed E-state index contributed by atoms with van der Waals surface area (Å²) in [5.74, 6) is -1.37. The first kappa shape index (κ1) is 18.8. The van der Waals surface area contributed by atoms with Crippen molar-refractivity contribution in [3.8, 4) is 0 Å². The van der Waals surface area contributed by atoms with Crippen molar-refractivity contribution in [2.24, 2.45) is 0 Å². The van der Waals surface area contributed by atoms with Crippen LogP contribution in [0.15, 0.2) is 17.0 Å². The second-order valence-electron chi connectivity index (χ2n) is 4.89. The standard InChI is InChI=1S/C14H17ClF2O4S/c1-4-8(3)22(20,21)12-9(5-2)10(13(18)19)6-7-11(12)14(15,16)17/h6-8H,4-5H2,1-3H3,(H,18,19)/t8-/m1/s1. The van der Waals surface area contributed by atoms with E-state index < -0.39 is 36.9 Å². The highest BCUT2D eigenvalue weighted by molar-refractivity contribution is 7.92. The van der Waals surface area contributed by atoms with Crippen molar-refractivity contribution in [3.05, 3.63) is 28.8 Å². The van der Waals surface area contributed by atoms with E-state index in [1.807, 2.05) is 0 Å². The molecule has 0 saturated carbocycles. The smallest absolute Gasteiger partial charge is 0.349 e. The van der Waals surface area contributed by atoms with Crippen molar-refractivity contribution in [2.45, 2.75) is 49.1 Å². The molecule has 0 amide bonds. The summed E-state index contributed by atoms with van der Waals surface area (Å²) in [6.45, 7) is 4.50. The fourth-order valence-electron chi connectivity index (χ4n) is 2.15. The van der Waals surface area contributed by atoms with Crippen LogP contribution in [0.4, 0.5) is 8.78 Å². The van der Waals surface area contributed by atoms with Gasteiger partial charge in [0.1, 0.15) is 0 Å². The lowest BCUT2D eigenvalue weighted by molar-refractivity contribution is 0.0692. The second kappa shape index (κ2) is 6.50. The zero-order valence-electron chi connectivity index (χ0n) is 12.4. The van der Waals surface area contributed by atoms with Crippen LogP contribution in [0.5, 0.6) is 0 Å². The molecule has 4 nitrogen and oxygen atoms in total. The largest absolute Gasteiger partial charge is 0.478 e. The first-order chi connectivity index (χ1) is 9.98. The average Bonchev–Trinajstić information content (AvgIpc) is 2.43. The SMILES string of the molecule is CCc1c(C(=O)O)ccc(C(F)(F)Cl)c1S(=O)(=O)[C@H](C)CC. The molecule has 0 aliphatic heterocycles. The third-order valence-corrected chi connectivity index (χ3v) is 6.17. The molecule has 0 radical (unpaired) electrons. The number of sulfone groups is 1. The van der Waals surface area contributed by atoms with Crippen LogP contribution in [0.2, 0.25) is 0 Å². The third kappa shape index (κ3) is 3.41. The lowest BCUT2D eigenvalue weighted by Gasteiger charge is -2.21. The summed E-state index contributed by atoms with van der Waals surface area (Å²) in [7, 11) is -4.13. The molecule has 0 fully saturated rings. The van der Waals surface area contributed by atoms with E-state index in [0.29, 0.717) is 0 Å². The Morgan fingerprint density at radius 3 is 2.27 bits per heavy atom. The average molecular weight is 355 g/mol. The Hall–Kier alpha value is -1.21. The Morgan fingerprint density at radius 1 is 1.36 bits per heavy atom. The Morgan fingerprint density at radius 2 is 1.91 bits per heavy atom. The summed E-state index contributed by atoms with van der Waals surface area (Å²) in [5, 5.41) is 4.32. The first-order valence-corrected chi connectivity index (χ1v) is 8.61. The van der Waals surface area contributed by atoms with Gasteiger partial charge >= 0.3 is 11.4 Å². The number of carboxylic acids is 1. The van der Waals surface area contributed by atoms with Gasteiger partial charge in [-0.2, -0.15) is 8.78 Å². The van der Waals surface area contributed by atoms with Gasteiger partial charge in [0.05, 0.1) is 21.3 Å². The molecule has 0 aliphatic rings. The van der Waals surface area contributed by atoms with E-state index in [0.717, 1.165) is 12.1 Å². The Labute approximate surface area is 133 Å². The van der Waals surface area contributed by atoms with Crippen molar-refractivity contribution in [3.63, 3.8) is 0 Å². The van der Waals surface area contributed by atoms with Crippen LogP contribution in [-0.2, 0) is 21.6 Å². The van der Waals surface area contributed by atoms with Gasteiger partial charge < -0.3 is 5.11 Å². The van der Waals surface area contributed by atoms with Crippen molar-refractivity contribution < 1.29 is 27.1 Å². The van der Waals surface area contributed by atoms with E-state index in [2.05, 4.69) is 0 Å². The van der Waals surface area contributed by atoms with Gasteiger partial charge in [-0.05, 0) is 49.1 Å². The van der Waals surface area contributed by atoms with E-state index in [1.54, 1.807) is 6.92 Å². The Bertz CT molecular complexity index is 681. The van der Waals surface area contributed by atoms with E-state index in [1.165, 1.54) is 13.8 Å². The topological polar surface area (TPSA) is 71.4 Å². The summed E-state index contributed by atoms with van der Waals surface area (Å²) in [6.07, 6.45) is 0.184. The third-order valence-electron chi connectivity index (χ3n) is 3.54. The van der Waals surface area contributed by atoms with E-state index in [4.69, 9.17) is 16.7 Å². The molecule has 0 aliphatic carbocycles. The molecule has 0 bridgehead atoms. The molecule has 1 aromatic rings. The zero-order chi connectivity index (χ0) is 17.3. The minimum absolute atomic E-state index is 0.0204. The number of rotatable bonds is 6. The number of alkyl halides is 3. The van der Waals surface area contributed by atoms with Gasteiger partial charge in [0.2, 0.25) is 0 Å². The highest BCUT2D eigenvalue weighted by Crippen LogP contribution is 2.40. The predicted molar refractivity (Wildman–Crippen MR) is 79.5 cm³/mol. The molecule has 8 heteroatoms. The van der Waals surface area contributed by atoms with Crippen molar-refractivity contribution in [1.82, 2.24) is 0 Å². The van der Waals surface area contributed by atoms with Gasteiger partial charge in [0.25, 0.3) is 0 Å². The summed E-state index contributed by atoms with van der Waals surface area (Å²) in [4.78, 5) is 10.6. The minimum atomic E-state index is -4.13. The van der Waals surface area contributed by atoms with Crippen LogP contribution in [0.3, 0.4) is 0 Å². The summed E-state index contributed by atoms with van der Waals surface area (Å²) < 4.78 is 52.4. The highest BCUT2D eigenvalue weighted by atomic mass is 35.5. The van der Waals surface area contributed by atoms with Gasteiger partial charge in [0, 0.05) is 0 Å². The maximum absolute atomic E-state index is 13.6. The Balaban J connectivity index is 3.92. The molecule has 0 aromatic heterocycles. The number of hydrogen-bond acceptors (Lipinski definition) is 3. The first-order valence-electron chi connectivity index (χ1n) is 6.68. The van der Waals surface area contributed by atoms with Crippen LogP contribution in [-0.4, -0.2) is 24.7 Å². The number of benzene rings is 1. The molecule has 0 heterocycles. The maximum Gasteiger partial charge on any atom is 0.349 e. The lowest BCUT2D eigenvalue weighted by Crippen LogP contribution is -2.24. The molecule has 1 rings (SSSR count). The van der Waals surface area contributed by atoms with Crippen molar-refractivity contribution >= 4 is 27.4 Å². The summed E-state index contributed by atoms with van der Waals surface area (Å²) >= 11 is 5.03. The molecule has 22 heavy (non-hydrogen) atoms. The lowest BCUT2D eigenvalue weighted by atomic mass is 10.0. The van der Waals surface area contributed by atoms with E-state index >= 15 is 0 Å². The van der Waals surface area contributed by atoms with Gasteiger partial charge in [-0.1, -0.05) is 13.8 Å². The summed E-state index contributed by atoms with van der Waals surface area (Å²) in [5.41, 5.74) is -1.34. The number of carbonyl (C=O) groups is 1. The molecule has 1 aromatic carbocycles. The number of hydrogen-bond donors (Lipinski definition) is 1. The minimum Gasteiger partial charge on any atom is -0.478 e. The predicted octanol–water partition coefficient (Wildman–Crippen LogP) is 3.81. The Kier molecular flexibility index (Phi) is 5.56. The molecule has 0 unspecified atom stereocenters. The fraction of sp³-hybridized carbons (Fsp3) is 0.500. The van der Waals surface area contributed by atoms with E-state index in [9.17, 15) is 22.0 Å². The highest BCUT2D eigenvalue weighted by Gasteiger charge is 2.39. The van der Waals surface area contributed by atoms with Crippen LogP contribution >= 0.6 is 11.6 Å². The van der Waals surface area contributed by atoms with Gasteiger partial charge in [-0.15, -0.1) is 0 Å². The molecule has 1 atom stereocenters. The maximum atomic E-state index is 13.6. The molecule has 0 spiro atoms. The molecule has 124 valence electrons. The zero-order valence-corrected chi connectivity index (χ0v) is 13.9. The molecular weight excluding hydrogens is 338 g/mol. The molecular formula is C14H17ClF2O4S. The van der Waals surface area contributed by atoms with Crippen molar-refractivity contribution in [2.75, 3.05) is 0 Å². The van der Waals surface area contributed by atoms with Crippen LogP contribution in [0.25, 0.3) is 0 Å². The fourth-order valence-corrected chi connectivity index (χ4v) is 4.30. The number of aromatic carboxylic acids is 1. The van der Waals surface area contributed by atoms with Crippen molar-refractivity contribution in [1.29, 1.82) is 0 Å². The van der Waals surface area contributed by atoms with Crippen LogP contribution in [0.1, 0.15) is 48.7 Å². The quantitative estimate of drug-likeness (QED) is 0.788. The monoisotopic (exact) mass is 354 g/mol.